The topological polar surface area (TPSA) is 104 Å². The number of halogens is 4. The molecule has 2 saturated heterocycles. The average molecular weight is 583 g/mol. The molecule has 8 nitrogen and oxygen atoms in total. The Morgan fingerprint density at radius 1 is 1.33 bits per heavy atom. The SMILES string of the molecule is CCOC(=O)C1=C(CN2[C@@H]3C[C@H](CC(=O)O)C[C@@H]2C(F)(F)C3)NC(c2nccs2)=N[C@H]1c1cccc(F)c1Cl. The van der Waals surface area contributed by atoms with Crippen LogP contribution in [-0.4, -0.2) is 63.9 Å². The minimum absolute atomic E-state index is 0.0183. The third-order valence-electron chi connectivity index (χ3n) is 7.36. The Hall–Kier alpha value is -2.96. The zero-order valence-corrected chi connectivity index (χ0v) is 22.4. The number of nitrogens with one attached hydrogen (secondary N) is 1. The van der Waals surface area contributed by atoms with Gasteiger partial charge in [0.25, 0.3) is 5.92 Å². The molecule has 4 atom stereocenters. The van der Waals surface area contributed by atoms with Crippen molar-refractivity contribution >= 4 is 40.7 Å². The lowest BCUT2D eigenvalue weighted by atomic mass is 9.87. The van der Waals surface area contributed by atoms with Crippen molar-refractivity contribution in [3.05, 3.63) is 62.5 Å². The lowest BCUT2D eigenvalue weighted by Crippen LogP contribution is -2.50. The molecule has 3 aliphatic heterocycles. The number of benzene rings is 1. The summed E-state index contributed by atoms with van der Waals surface area (Å²) >= 11 is 7.61. The molecule has 39 heavy (non-hydrogen) atoms. The molecule has 4 heterocycles. The van der Waals surface area contributed by atoms with Crippen LogP contribution < -0.4 is 5.32 Å². The first-order chi connectivity index (χ1) is 18.6. The fraction of sp³-hybridized carbons (Fsp3) is 0.462. The van der Waals surface area contributed by atoms with Gasteiger partial charge in [-0.3, -0.25) is 14.7 Å². The number of carboxylic acid groups (broad SMARTS) is 1. The highest BCUT2D eigenvalue weighted by atomic mass is 35.5. The number of nitrogens with zero attached hydrogens (tertiary/aromatic N) is 3. The van der Waals surface area contributed by atoms with Crippen molar-refractivity contribution in [1.82, 2.24) is 15.2 Å². The van der Waals surface area contributed by atoms with E-state index in [9.17, 15) is 19.1 Å². The van der Waals surface area contributed by atoms with E-state index in [1.807, 2.05) is 0 Å². The number of hydrogen-bond donors (Lipinski definition) is 2. The van der Waals surface area contributed by atoms with E-state index in [0.717, 1.165) is 0 Å². The van der Waals surface area contributed by atoms with Crippen LogP contribution in [0.1, 0.15) is 49.2 Å². The molecule has 0 spiro atoms. The molecule has 1 aromatic heterocycles. The smallest absolute Gasteiger partial charge is 0.338 e. The zero-order chi connectivity index (χ0) is 27.9. The van der Waals surface area contributed by atoms with Gasteiger partial charge in [0.05, 0.1) is 23.2 Å². The average Bonchev–Trinajstić information content (AvgIpc) is 3.45. The first kappa shape index (κ1) is 27.6. The molecule has 3 aliphatic rings. The number of aromatic nitrogens is 1. The van der Waals surface area contributed by atoms with E-state index in [2.05, 4.69) is 15.3 Å². The summed E-state index contributed by atoms with van der Waals surface area (Å²) in [5.41, 5.74) is 0.546. The second-order valence-electron chi connectivity index (χ2n) is 9.84. The number of piperidine rings is 1. The second kappa shape index (κ2) is 10.9. The van der Waals surface area contributed by atoms with Crippen LogP contribution in [-0.2, 0) is 14.3 Å². The summed E-state index contributed by atoms with van der Waals surface area (Å²) in [4.78, 5) is 35.2. The number of esters is 1. The maximum absolute atomic E-state index is 15.1. The molecule has 0 amide bonds. The predicted octanol–water partition coefficient (Wildman–Crippen LogP) is 4.81. The van der Waals surface area contributed by atoms with E-state index < -0.39 is 48.2 Å². The lowest BCUT2D eigenvalue weighted by molar-refractivity contribution is -0.140. The van der Waals surface area contributed by atoms with Crippen molar-refractivity contribution in [3.63, 3.8) is 0 Å². The molecule has 2 fully saturated rings. The summed E-state index contributed by atoms with van der Waals surface area (Å²) in [7, 11) is 0. The Labute approximate surface area is 231 Å². The molecule has 0 radical (unpaired) electrons. The molecule has 2 bridgehead atoms. The third kappa shape index (κ3) is 5.42. The van der Waals surface area contributed by atoms with Gasteiger partial charge < -0.3 is 15.2 Å². The van der Waals surface area contributed by atoms with Crippen LogP contribution in [0.2, 0.25) is 5.02 Å². The highest BCUT2D eigenvalue weighted by Gasteiger charge is 2.57. The molecule has 5 rings (SSSR count). The number of aliphatic carboxylic acids is 1. The van der Waals surface area contributed by atoms with Crippen molar-refractivity contribution in [2.24, 2.45) is 10.9 Å². The highest BCUT2D eigenvalue weighted by Crippen LogP contribution is 2.49. The maximum Gasteiger partial charge on any atom is 0.338 e. The van der Waals surface area contributed by atoms with E-state index in [1.54, 1.807) is 29.5 Å². The van der Waals surface area contributed by atoms with Crippen LogP contribution in [0.25, 0.3) is 0 Å². The van der Waals surface area contributed by atoms with Gasteiger partial charge in [-0.25, -0.2) is 22.9 Å². The van der Waals surface area contributed by atoms with Gasteiger partial charge in [0.15, 0.2) is 10.8 Å². The Morgan fingerprint density at radius 2 is 2.13 bits per heavy atom. The number of alkyl halides is 2. The van der Waals surface area contributed by atoms with Gasteiger partial charge in [-0.15, -0.1) is 11.3 Å². The Bertz CT molecular complexity index is 1340. The number of thiazole rings is 1. The lowest BCUT2D eigenvalue weighted by Gasteiger charge is -2.40. The van der Waals surface area contributed by atoms with Crippen LogP contribution in [0.15, 0.2) is 46.0 Å². The molecule has 0 unspecified atom stereocenters. The van der Waals surface area contributed by atoms with Crippen LogP contribution >= 0.6 is 22.9 Å². The van der Waals surface area contributed by atoms with Crippen LogP contribution in [0.4, 0.5) is 13.2 Å². The highest BCUT2D eigenvalue weighted by molar-refractivity contribution is 7.11. The van der Waals surface area contributed by atoms with E-state index >= 15 is 8.78 Å². The van der Waals surface area contributed by atoms with Gasteiger partial charge in [-0.05, 0) is 31.7 Å². The Morgan fingerprint density at radius 3 is 2.79 bits per heavy atom. The first-order valence-corrected chi connectivity index (χ1v) is 13.8. The van der Waals surface area contributed by atoms with Gasteiger partial charge in [-0.1, -0.05) is 23.7 Å². The van der Waals surface area contributed by atoms with Gasteiger partial charge in [0.1, 0.15) is 11.9 Å². The number of carbonyl (C=O) groups excluding carboxylic acids is 1. The van der Waals surface area contributed by atoms with Crippen LogP contribution in [0.3, 0.4) is 0 Å². The van der Waals surface area contributed by atoms with Gasteiger partial charge in [-0.2, -0.15) is 0 Å². The van der Waals surface area contributed by atoms with E-state index in [4.69, 9.17) is 16.3 Å². The first-order valence-electron chi connectivity index (χ1n) is 12.5. The minimum atomic E-state index is -3.02. The maximum atomic E-state index is 15.1. The molecule has 1 aromatic carbocycles. The summed E-state index contributed by atoms with van der Waals surface area (Å²) in [6.07, 6.45) is 1.32. The van der Waals surface area contributed by atoms with Gasteiger partial charge >= 0.3 is 11.9 Å². The second-order valence-corrected chi connectivity index (χ2v) is 11.1. The fourth-order valence-corrected chi connectivity index (χ4v) is 6.62. The number of fused-ring (bicyclic) bond motifs is 2. The number of amidine groups is 1. The number of hydrogen-bond acceptors (Lipinski definition) is 8. The summed E-state index contributed by atoms with van der Waals surface area (Å²) in [5.74, 6) is -5.54. The number of carboxylic acids is 1. The molecule has 208 valence electrons. The summed E-state index contributed by atoms with van der Waals surface area (Å²) in [6.45, 7) is 1.61. The quantitative estimate of drug-likeness (QED) is 0.431. The monoisotopic (exact) mass is 582 g/mol. The Balaban J connectivity index is 1.58. The summed E-state index contributed by atoms with van der Waals surface area (Å²) in [6, 6.07) is 1.33. The molecular weight excluding hydrogens is 557 g/mol. The molecule has 0 saturated carbocycles. The van der Waals surface area contributed by atoms with E-state index in [-0.39, 0.29) is 53.8 Å². The fourth-order valence-electron chi connectivity index (χ4n) is 5.80. The number of aliphatic imine (C=N–C) groups is 1. The van der Waals surface area contributed by atoms with Gasteiger partial charge in [0, 0.05) is 48.3 Å². The molecule has 2 N–H and O–H groups in total. The molecule has 0 aliphatic carbocycles. The normalized spacial score (nSPS) is 26.2. The van der Waals surface area contributed by atoms with Crippen molar-refractivity contribution in [2.45, 2.75) is 56.7 Å². The number of rotatable bonds is 8. The standard InChI is InChI=1S/C26H26ClF3N4O4S/c1-2-38-25(37)20-17(12-34-14-8-13(10-19(35)36)9-18(34)26(29,30)11-14)32-23(24-31-6-7-39-24)33-22(20)15-4-3-5-16(28)21(15)27/h3-7,13-14,18,22H,2,8-12H2,1H3,(H,32,33)(H,35,36)/t13-,14+,18+,22-/m0/s1. The van der Waals surface area contributed by atoms with E-state index in [0.29, 0.717) is 17.3 Å². The van der Waals surface area contributed by atoms with Crippen molar-refractivity contribution in [1.29, 1.82) is 0 Å². The number of carbonyl (C=O) groups is 2. The van der Waals surface area contributed by atoms with Gasteiger partial charge in [0.2, 0.25) is 0 Å². The minimum Gasteiger partial charge on any atom is -0.481 e. The number of ether oxygens (including phenoxy) is 1. The van der Waals surface area contributed by atoms with Crippen LogP contribution in [0.5, 0.6) is 0 Å². The van der Waals surface area contributed by atoms with Crippen molar-refractivity contribution in [3.8, 4) is 0 Å². The summed E-state index contributed by atoms with van der Waals surface area (Å²) in [5, 5.41) is 14.4. The third-order valence-corrected chi connectivity index (χ3v) is 8.54. The summed E-state index contributed by atoms with van der Waals surface area (Å²) < 4.78 is 50.1. The van der Waals surface area contributed by atoms with Crippen LogP contribution in [0, 0.1) is 11.7 Å². The molecule has 13 heteroatoms. The van der Waals surface area contributed by atoms with E-state index in [1.165, 1.54) is 23.5 Å². The molecule has 2 aromatic rings. The Kier molecular flexibility index (Phi) is 7.71. The largest absolute Gasteiger partial charge is 0.481 e. The predicted molar refractivity (Wildman–Crippen MR) is 138 cm³/mol. The zero-order valence-electron chi connectivity index (χ0n) is 20.9. The molecular formula is C26H26ClF3N4O4S. The van der Waals surface area contributed by atoms with Crippen molar-refractivity contribution in [2.75, 3.05) is 13.2 Å². The van der Waals surface area contributed by atoms with Crippen molar-refractivity contribution < 1.29 is 32.6 Å².